The number of aromatic nitrogens is 4. The molecule has 186 valence electrons. The average Bonchev–Trinajstić information content (AvgIpc) is 3.29. The van der Waals surface area contributed by atoms with E-state index in [0.29, 0.717) is 12.5 Å². The van der Waals surface area contributed by atoms with Gasteiger partial charge in [-0.1, -0.05) is 6.08 Å². The summed E-state index contributed by atoms with van der Waals surface area (Å²) in [6.45, 7) is 8.59. The van der Waals surface area contributed by atoms with E-state index < -0.39 is 0 Å². The summed E-state index contributed by atoms with van der Waals surface area (Å²) in [5.74, 6) is 1.06. The molecule has 6 rings (SSSR count). The van der Waals surface area contributed by atoms with Crippen molar-refractivity contribution in [3.05, 3.63) is 47.9 Å². The Morgan fingerprint density at radius 1 is 1.19 bits per heavy atom. The number of hydrogen-bond acceptors (Lipinski definition) is 7. The van der Waals surface area contributed by atoms with Gasteiger partial charge in [0.05, 0.1) is 26.5 Å². The third-order valence-corrected chi connectivity index (χ3v) is 7.92. The summed E-state index contributed by atoms with van der Waals surface area (Å²) >= 11 is 1.62. The second-order valence-electron chi connectivity index (χ2n) is 10.9. The molecule has 1 saturated carbocycles. The number of fused-ring (bicyclic) bond motifs is 2. The lowest BCUT2D eigenvalue weighted by molar-refractivity contribution is -0.136. The third kappa shape index (κ3) is 4.49. The number of rotatable bonds is 6. The molecule has 0 radical (unpaired) electrons. The zero-order valence-electron chi connectivity index (χ0n) is 20.9. The van der Waals surface area contributed by atoms with Gasteiger partial charge in [-0.2, -0.15) is 0 Å². The number of thiazole rings is 1. The Morgan fingerprint density at radius 3 is 2.81 bits per heavy atom. The summed E-state index contributed by atoms with van der Waals surface area (Å²) in [6, 6.07) is 8.23. The molecule has 0 saturated heterocycles. The molecule has 36 heavy (non-hydrogen) atoms. The molecule has 4 heterocycles. The molecular weight excluding hydrogens is 470 g/mol. The largest absolute Gasteiger partial charge is 0.340 e. The zero-order valence-corrected chi connectivity index (χ0v) is 21.7. The lowest BCUT2D eigenvalue weighted by Gasteiger charge is -2.31. The van der Waals surface area contributed by atoms with Gasteiger partial charge in [0.25, 0.3) is 0 Å². The summed E-state index contributed by atoms with van der Waals surface area (Å²) in [6.07, 6.45) is 6.53. The van der Waals surface area contributed by atoms with Crippen LogP contribution >= 0.6 is 11.3 Å². The van der Waals surface area contributed by atoms with Crippen LogP contribution in [0.3, 0.4) is 0 Å². The second kappa shape index (κ2) is 8.67. The fraction of sp³-hybridized carbons (Fsp3) is 0.407. The van der Waals surface area contributed by atoms with Crippen LogP contribution in [0, 0.1) is 5.41 Å². The maximum Gasteiger partial charge on any atom is 0.230 e. The Balaban J connectivity index is 1.18. The molecule has 1 fully saturated rings. The molecule has 0 atom stereocenters. The van der Waals surface area contributed by atoms with Crippen LogP contribution in [0.25, 0.3) is 26.8 Å². The van der Waals surface area contributed by atoms with Crippen molar-refractivity contribution < 1.29 is 4.79 Å². The van der Waals surface area contributed by atoms with Gasteiger partial charge >= 0.3 is 0 Å². The lowest BCUT2D eigenvalue weighted by atomic mass is 9.99. The van der Waals surface area contributed by atoms with Crippen molar-refractivity contribution in [1.82, 2.24) is 30.2 Å². The molecule has 1 amide bonds. The molecule has 8 nitrogen and oxygen atoms in total. The number of H-pyrrole nitrogens is 1. The van der Waals surface area contributed by atoms with E-state index in [2.05, 4.69) is 69.5 Å². The highest BCUT2D eigenvalue weighted by molar-refractivity contribution is 7.16. The maximum absolute atomic E-state index is 13.3. The second-order valence-corrected chi connectivity index (χ2v) is 11.8. The van der Waals surface area contributed by atoms with Crippen LogP contribution in [0.2, 0.25) is 0 Å². The highest BCUT2D eigenvalue weighted by Crippen LogP contribution is 2.47. The van der Waals surface area contributed by atoms with Crippen molar-refractivity contribution in [2.45, 2.75) is 45.6 Å². The predicted octanol–water partition coefficient (Wildman–Crippen LogP) is 5.10. The van der Waals surface area contributed by atoms with Crippen molar-refractivity contribution >= 4 is 55.6 Å². The molecule has 2 aliphatic rings. The van der Waals surface area contributed by atoms with E-state index in [1.807, 2.05) is 22.5 Å². The standard InChI is InChI=1S/C27H31N7OS/c1-26(2,3)31-14-27(8-9-27)25(35)34-10-6-17(7-11-34)21-13-19-23(28-15-29-24(19)33-21)32-18-4-5-20-22(12-18)36-16-30-20/h4-6,12-13,15-16,31H,7-11,14H2,1-3H3,(H2,28,29,32,33). The molecule has 0 unspecified atom stereocenters. The fourth-order valence-corrected chi connectivity index (χ4v) is 5.48. The highest BCUT2D eigenvalue weighted by Gasteiger charge is 2.51. The van der Waals surface area contributed by atoms with Crippen LogP contribution in [-0.4, -0.2) is 55.9 Å². The van der Waals surface area contributed by atoms with E-state index in [0.717, 1.165) is 70.8 Å². The van der Waals surface area contributed by atoms with Gasteiger partial charge in [-0.15, -0.1) is 11.3 Å². The summed E-state index contributed by atoms with van der Waals surface area (Å²) in [7, 11) is 0. The number of anilines is 2. The summed E-state index contributed by atoms with van der Waals surface area (Å²) in [5, 5.41) is 7.92. The van der Waals surface area contributed by atoms with Crippen molar-refractivity contribution in [3.8, 4) is 0 Å². The maximum atomic E-state index is 13.3. The quantitative estimate of drug-likeness (QED) is 0.340. The van der Waals surface area contributed by atoms with Gasteiger partial charge < -0.3 is 20.5 Å². The van der Waals surface area contributed by atoms with Gasteiger partial charge in [-0.3, -0.25) is 4.79 Å². The number of nitrogens with one attached hydrogen (secondary N) is 3. The predicted molar refractivity (Wildman–Crippen MR) is 145 cm³/mol. The van der Waals surface area contributed by atoms with Crippen molar-refractivity contribution in [2.24, 2.45) is 5.41 Å². The molecule has 0 bridgehead atoms. The molecule has 3 aromatic heterocycles. The minimum absolute atomic E-state index is 0.0188. The van der Waals surface area contributed by atoms with E-state index in [9.17, 15) is 4.79 Å². The van der Waals surface area contributed by atoms with Gasteiger partial charge in [-0.25, -0.2) is 15.0 Å². The first-order valence-electron chi connectivity index (χ1n) is 12.5. The fourth-order valence-electron chi connectivity index (χ4n) is 4.77. The van der Waals surface area contributed by atoms with Crippen LogP contribution in [0.5, 0.6) is 0 Å². The van der Waals surface area contributed by atoms with E-state index in [4.69, 9.17) is 0 Å². The van der Waals surface area contributed by atoms with Gasteiger partial charge in [0.15, 0.2) is 0 Å². The number of aromatic amines is 1. The monoisotopic (exact) mass is 501 g/mol. The molecule has 1 aliphatic carbocycles. The van der Waals surface area contributed by atoms with Crippen LogP contribution in [0.1, 0.15) is 45.7 Å². The van der Waals surface area contributed by atoms with Crippen LogP contribution in [0.15, 0.2) is 42.2 Å². The number of nitrogens with zero attached hydrogens (tertiary/aromatic N) is 4. The summed E-state index contributed by atoms with van der Waals surface area (Å²) in [4.78, 5) is 32.1. The zero-order chi connectivity index (χ0) is 24.9. The van der Waals surface area contributed by atoms with Crippen molar-refractivity contribution in [2.75, 3.05) is 25.0 Å². The molecule has 1 aliphatic heterocycles. The Kier molecular flexibility index (Phi) is 5.57. The summed E-state index contributed by atoms with van der Waals surface area (Å²) < 4.78 is 1.13. The third-order valence-electron chi connectivity index (χ3n) is 7.13. The number of hydrogen-bond donors (Lipinski definition) is 3. The minimum atomic E-state index is -0.210. The Morgan fingerprint density at radius 2 is 2.06 bits per heavy atom. The lowest BCUT2D eigenvalue weighted by Crippen LogP contribution is -2.47. The number of carbonyl (C=O) groups excluding carboxylic acids is 1. The molecule has 3 N–H and O–H groups in total. The van der Waals surface area contributed by atoms with Gasteiger partial charge in [0.2, 0.25) is 5.91 Å². The Hall–Kier alpha value is -3.30. The van der Waals surface area contributed by atoms with Gasteiger partial charge in [0.1, 0.15) is 17.8 Å². The number of benzene rings is 1. The molecular formula is C27H31N7OS. The first-order valence-corrected chi connectivity index (χ1v) is 13.4. The topological polar surface area (TPSA) is 98.8 Å². The first kappa shape index (κ1) is 23.1. The smallest absolute Gasteiger partial charge is 0.230 e. The Bertz CT molecular complexity index is 1470. The van der Waals surface area contributed by atoms with E-state index in [1.54, 1.807) is 17.7 Å². The number of carbonyl (C=O) groups is 1. The van der Waals surface area contributed by atoms with Crippen molar-refractivity contribution in [1.29, 1.82) is 0 Å². The van der Waals surface area contributed by atoms with Crippen LogP contribution < -0.4 is 10.6 Å². The van der Waals surface area contributed by atoms with Gasteiger partial charge in [0, 0.05) is 36.6 Å². The SMILES string of the molecule is CC(C)(C)NCC1(C(=O)N2CC=C(c3cc4c(Nc5ccc6ncsc6c5)ncnc4[nH]3)CC2)CC1. The molecule has 9 heteroatoms. The molecule has 4 aromatic rings. The average molecular weight is 502 g/mol. The van der Waals surface area contributed by atoms with E-state index in [-0.39, 0.29) is 11.0 Å². The summed E-state index contributed by atoms with van der Waals surface area (Å²) in [5.41, 5.74) is 6.68. The van der Waals surface area contributed by atoms with Gasteiger partial charge in [-0.05, 0) is 69.9 Å². The Labute approximate surface area is 214 Å². The van der Waals surface area contributed by atoms with Crippen molar-refractivity contribution in [3.63, 3.8) is 0 Å². The van der Waals surface area contributed by atoms with E-state index >= 15 is 0 Å². The minimum Gasteiger partial charge on any atom is -0.340 e. The normalized spacial score (nSPS) is 17.4. The van der Waals surface area contributed by atoms with E-state index in [1.165, 1.54) is 5.57 Å². The van der Waals surface area contributed by atoms with Crippen LogP contribution in [0.4, 0.5) is 11.5 Å². The molecule has 0 spiro atoms. The van der Waals surface area contributed by atoms with Crippen LogP contribution in [-0.2, 0) is 4.79 Å². The number of amides is 1. The molecule has 1 aromatic carbocycles. The first-order chi connectivity index (χ1) is 17.3. The highest BCUT2D eigenvalue weighted by atomic mass is 32.1.